The first-order chi connectivity index (χ1) is 33.7. The summed E-state index contributed by atoms with van der Waals surface area (Å²) in [7, 11) is 0. The van der Waals surface area contributed by atoms with Crippen LogP contribution in [0.1, 0.15) is 163 Å². The molecule has 5 aromatic carbocycles. The molecule has 69 heavy (non-hydrogen) atoms. The first kappa shape index (κ1) is 54.8. The molecule has 0 N–H and O–H groups in total. The van der Waals surface area contributed by atoms with Gasteiger partial charge < -0.3 is 18.9 Å². The van der Waals surface area contributed by atoms with Crippen LogP contribution in [-0.4, -0.2) is 25.2 Å². The van der Waals surface area contributed by atoms with Crippen molar-refractivity contribution in [3.05, 3.63) is 129 Å². The molecule has 0 atom stereocenters. The number of carbonyl (C=O) groups excluding carboxylic acids is 2. The van der Waals surface area contributed by atoms with E-state index in [-0.39, 0.29) is 17.1 Å². The molecule has 0 aliphatic carbocycles. The van der Waals surface area contributed by atoms with E-state index in [4.69, 9.17) is 42.1 Å². The van der Waals surface area contributed by atoms with E-state index in [1.54, 1.807) is 97.1 Å². The average molecular weight is 1040 g/mol. The summed E-state index contributed by atoms with van der Waals surface area (Å²) in [5.74, 6) is 0.395. The van der Waals surface area contributed by atoms with Crippen LogP contribution in [-0.2, 0) is 0 Å². The number of rotatable bonds is 32. The summed E-state index contributed by atoms with van der Waals surface area (Å²) in [5, 5.41) is 18.1. The highest BCUT2D eigenvalue weighted by Gasteiger charge is 2.15. The molecule has 0 bridgehead atoms. The second-order valence-corrected chi connectivity index (χ2v) is 18.8. The van der Waals surface area contributed by atoms with Crippen LogP contribution >= 0.6 is 39.1 Å². The zero-order valence-electron chi connectivity index (χ0n) is 40.2. The highest BCUT2D eigenvalue weighted by atomic mass is 79.9. The van der Waals surface area contributed by atoms with Crippen LogP contribution in [0.2, 0.25) is 10.0 Å². The Hall–Kier alpha value is -5.10. The van der Waals surface area contributed by atoms with E-state index in [9.17, 15) is 9.59 Å². The Morgan fingerprint density at radius 1 is 0.420 bits per heavy atom. The Bertz CT molecular complexity index is 2380. The van der Waals surface area contributed by atoms with Gasteiger partial charge in [-0.2, -0.15) is 20.5 Å². The third-order valence-electron chi connectivity index (χ3n) is 11.4. The van der Waals surface area contributed by atoms with E-state index >= 15 is 0 Å². The van der Waals surface area contributed by atoms with Gasteiger partial charge in [0.15, 0.2) is 0 Å². The van der Waals surface area contributed by atoms with Crippen LogP contribution in [0.4, 0.5) is 22.7 Å². The quantitative estimate of drug-likeness (QED) is 0.0183. The van der Waals surface area contributed by atoms with Crippen LogP contribution < -0.4 is 18.9 Å². The molecule has 0 fully saturated rings. The van der Waals surface area contributed by atoms with E-state index in [0.29, 0.717) is 67.5 Å². The molecule has 0 spiro atoms. The van der Waals surface area contributed by atoms with Crippen LogP contribution in [0, 0.1) is 0 Å². The van der Waals surface area contributed by atoms with E-state index in [2.05, 4.69) is 50.2 Å². The predicted octanol–water partition coefficient (Wildman–Crippen LogP) is 19.6. The molecule has 0 saturated carbocycles. The molecule has 5 rings (SSSR count). The van der Waals surface area contributed by atoms with E-state index in [1.165, 1.54) is 109 Å². The summed E-state index contributed by atoms with van der Waals surface area (Å²) in [5.41, 5.74) is 2.80. The summed E-state index contributed by atoms with van der Waals surface area (Å²) < 4.78 is 23.6. The number of unbranched alkanes of at least 4 members (excludes halogenated alkanes) is 18. The maximum Gasteiger partial charge on any atom is 0.343 e. The molecule has 0 aromatic heterocycles. The molecule has 0 unspecified atom stereocenters. The SMILES string of the molecule is CCCCCCCCCCCCOc1ccc(N=Nc2ccc(C(=O)Oc3ccc(Br)c(OC(=O)c4ccc(N=Nc5ccc(OCCCCCCCCCCCC)c(Cl)c5)cc4)c3)cc2)cc1Cl. The smallest absolute Gasteiger partial charge is 0.343 e. The third-order valence-corrected chi connectivity index (χ3v) is 12.7. The van der Waals surface area contributed by atoms with Gasteiger partial charge >= 0.3 is 11.9 Å². The predicted molar refractivity (Wildman–Crippen MR) is 283 cm³/mol. The molecular weight excluding hydrogens is 975 g/mol. The summed E-state index contributed by atoms with van der Waals surface area (Å²) in [6.07, 6.45) is 25.3. The summed E-state index contributed by atoms with van der Waals surface area (Å²) in [4.78, 5) is 26.2. The summed E-state index contributed by atoms with van der Waals surface area (Å²) >= 11 is 16.4. The van der Waals surface area contributed by atoms with Crippen molar-refractivity contribution in [2.45, 2.75) is 142 Å². The van der Waals surface area contributed by atoms with Gasteiger partial charge in [0, 0.05) is 6.07 Å². The number of halogens is 3. The van der Waals surface area contributed by atoms with Gasteiger partial charge in [0.2, 0.25) is 0 Å². The number of carbonyl (C=O) groups is 2. The minimum absolute atomic E-state index is 0.173. The number of hydrogen-bond acceptors (Lipinski definition) is 10. The zero-order chi connectivity index (χ0) is 48.9. The van der Waals surface area contributed by atoms with E-state index < -0.39 is 11.9 Å². The molecule has 5 aromatic rings. The molecule has 0 amide bonds. The van der Waals surface area contributed by atoms with Crippen molar-refractivity contribution in [3.63, 3.8) is 0 Å². The lowest BCUT2D eigenvalue weighted by Gasteiger charge is -2.10. The number of nitrogens with zero attached hydrogens (tertiary/aromatic N) is 4. The van der Waals surface area contributed by atoms with Crippen molar-refractivity contribution in [3.8, 4) is 23.0 Å². The Balaban J connectivity index is 1.02. The van der Waals surface area contributed by atoms with Gasteiger partial charge in [0.05, 0.1) is 61.6 Å². The van der Waals surface area contributed by atoms with Gasteiger partial charge in [-0.15, -0.1) is 0 Å². The lowest BCUT2D eigenvalue weighted by molar-refractivity contribution is 0.0732. The maximum absolute atomic E-state index is 13.1. The third kappa shape index (κ3) is 20.8. The molecule has 0 radical (unpaired) electrons. The molecule has 13 heteroatoms. The van der Waals surface area contributed by atoms with Crippen LogP contribution in [0.15, 0.2) is 128 Å². The van der Waals surface area contributed by atoms with Gasteiger partial charge in [0.25, 0.3) is 0 Å². The molecule has 0 aliphatic heterocycles. The molecular formula is C56H67BrCl2N4O6. The van der Waals surface area contributed by atoms with Gasteiger partial charge in [-0.1, -0.05) is 153 Å². The topological polar surface area (TPSA) is 121 Å². The van der Waals surface area contributed by atoms with Gasteiger partial charge in [-0.25, -0.2) is 9.59 Å². The number of esters is 2. The highest BCUT2D eigenvalue weighted by molar-refractivity contribution is 9.10. The van der Waals surface area contributed by atoms with Crippen molar-refractivity contribution in [2.24, 2.45) is 20.5 Å². The fourth-order valence-corrected chi connectivity index (χ4v) is 8.18. The molecule has 368 valence electrons. The number of hydrogen-bond donors (Lipinski definition) is 0. The zero-order valence-corrected chi connectivity index (χ0v) is 43.3. The Morgan fingerprint density at radius 3 is 1.19 bits per heavy atom. The molecule has 0 heterocycles. The second kappa shape index (κ2) is 31.9. The second-order valence-electron chi connectivity index (χ2n) is 17.2. The normalized spacial score (nSPS) is 11.4. The van der Waals surface area contributed by atoms with E-state index in [0.717, 1.165) is 25.7 Å². The molecule has 0 saturated heterocycles. The van der Waals surface area contributed by atoms with Crippen molar-refractivity contribution >= 4 is 73.8 Å². The van der Waals surface area contributed by atoms with Gasteiger partial charge in [0.1, 0.15) is 23.0 Å². The summed E-state index contributed by atoms with van der Waals surface area (Å²) in [6.45, 7) is 5.74. The van der Waals surface area contributed by atoms with Crippen LogP contribution in [0.25, 0.3) is 0 Å². The lowest BCUT2D eigenvalue weighted by atomic mass is 10.1. The Labute approximate surface area is 427 Å². The average Bonchev–Trinajstić information content (AvgIpc) is 3.36. The highest BCUT2D eigenvalue weighted by Crippen LogP contribution is 2.34. The maximum atomic E-state index is 13.1. The van der Waals surface area contributed by atoms with Crippen molar-refractivity contribution in [2.75, 3.05) is 13.2 Å². The Morgan fingerprint density at radius 2 is 0.783 bits per heavy atom. The van der Waals surface area contributed by atoms with Gasteiger partial charge in [-0.3, -0.25) is 0 Å². The van der Waals surface area contributed by atoms with Crippen molar-refractivity contribution in [1.82, 2.24) is 0 Å². The minimum atomic E-state index is -0.612. The monoisotopic (exact) mass is 1040 g/mol. The van der Waals surface area contributed by atoms with Gasteiger partial charge in [-0.05, 0) is 126 Å². The minimum Gasteiger partial charge on any atom is -0.492 e. The standard InChI is InChI=1S/C56H67BrCl2N4O6/c1-3-5-7-9-11-13-15-17-19-21-37-66-52-35-31-46(39-50(52)58)62-60-44-27-23-42(24-28-44)55(64)68-48-33-34-49(57)54(41-48)69-56(65)43-25-29-45(30-26-43)61-63-47-32-36-53(51(59)40-47)67-38-22-20-18-16-14-12-10-8-6-4-2/h23-36,39-41H,3-22,37-38H2,1-2H3. The lowest BCUT2D eigenvalue weighted by Crippen LogP contribution is -2.10. The number of ether oxygens (including phenoxy) is 4. The molecule has 0 aliphatic rings. The Kier molecular flexibility index (Phi) is 25.4. The first-order valence-electron chi connectivity index (χ1n) is 24.8. The fourth-order valence-electron chi connectivity index (χ4n) is 7.39. The van der Waals surface area contributed by atoms with Crippen LogP contribution in [0.5, 0.6) is 23.0 Å². The van der Waals surface area contributed by atoms with Crippen LogP contribution in [0.3, 0.4) is 0 Å². The number of benzene rings is 5. The van der Waals surface area contributed by atoms with E-state index in [1.807, 2.05) is 0 Å². The summed E-state index contributed by atoms with van der Waals surface area (Å²) in [6, 6.07) is 28.4. The largest absolute Gasteiger partial charge is 0.492 e. The van der Waals surface area contributed by atoms with Crippen molar-refractivity contribution in [1.29, 1.82) is 0 Å². The molecule has 10 nitrogen and oxygen atoms in total. The van der Waals surface area contributed by atoms with Crippen molar-refractivity contribution < 1.29 is 28.5 Å². The first-order valence-corrected chi connectivity index (χ1v) is 26.4. The number of azo groups is 2. The fraction of sp³-hybridized carbons (Fsp3) is 0.429.